The number of aryl methyl sites for hydroxylation is 1. The fraction of sp³-hybridized carbons (Fsp3) is 0.100. The van der Waals surface area contributed by atoms with E-state index in [1.807, 2.05) is 6.92 Å². The molecule has 1 aromatic carbocycles. The molecule has 0 atom stereocenters. The quantitative estimate of drug-likeness (QED) is 0.835. The Bertz CT molecular complexity index is 569. The number of anilines is 2. The first kappa shape index (κ1) is 12.0. The van der Waals surface area contributed by atoms with Crippen LogP contribution in [0.5, 0.6) is 0 Å². The van der Waals surface area contributed by atoms with Crippen LogP contribution in [0.1, 0.15) is 15.4 Å². The number of carbonyl (C=O) groups excluding carboxylic acids is 1. The van der Waals surface area contributed by atoms with Crippen molar-refractivity contribution in [1.82, 2.24) is 10.2 Å². The van der Waals surface area contributed by atoms with Crippen molar-refractivity contribution < 1.29 is 4.79 Å². The third kappa shape index (κ3) is 2.80. The van der Waals surface area contributed by atoms with E-state index in [4.69, 9.17) is 5.73 Å². The number of nitrogens with zero attached hydrogens (tertiary/aromatic N) is 2. The molecule has 0 bridgehead atoms. The van der Waals surface area contributed by atoms with E-state index in [0.29, 0.717) is 20.9 Å². The number of nitrogen functional groups attached to an aromatic ring is 1. The van der Waals surface area contributed by atoms with Crippen LogP contribution in [0.15, 0.2) is 22.7 Å². The molecule has 17 heavy (non-hydrogen) atoms. The fourth-order valence-electron chi connectivity index (χ4n) is 1.23. The van der Waals surface area contributed by atoms with Crippen molar-refractivity contribution in [2.24, 2.45) is 0 Å². The minimum absolute atomic E-state index is 0.264. The second kappa shape index (κ2) is 4.80. The van der Waals surface area contributed by atoms with Gasteiger partial charge in [-0.2, -0.15) is 0 Å². The van der Waals surface area contributed by atoms with Gasteiger partial charge in [0, 0.05) is 10.2 Å². The van der Waals surface area contributed by atoms with Gasteiger partial charge in [0.2, 0.25) is 5.13 Å². The van der Waals surface area contributed by atoms with Gasteiger partial charge in [-0.15, -0.1) is 10.2 Å². The number of nitrogens with two attached hydrogens (primary N) is 1. The average molecular weight is 313 g/mol. The van der Waals surface area contributed by atoms with Crippen LogP contribution in [0.25, 0.3) is 0 Å². The number of nitrogens with one attached hydrogen (secondary N) is 1. The van der Waals surface area contributed by atoms with E-state index < -0.39 is 0 Å². The van der Waals surface area contributed by atoms with Crippen LogP contribution in [0.3, 0.4) is 0 Å². The highest BCUT2D eigenvalue weighted by molar-refractivity contribution is 9.10. The summed E-state index contributed by atoms with van der Waals surface area (Å²) < 4.78 is 0.686. The van der Waals surface area contributed by atoms with Crippen molar-refractivity contribution in [2.75, 3.05) is 11.1 Å². The molecule has 1 aromatic heterocycles. The van der Waals surface area contributed by atoms with E-state index in [1.54, 1.807) is 18.2 Å². The molecule has 88 valence electrons. The molecule has 2 aromatic rings. The normalized spacial score (nSPS) is 10.2. The number of carbonyl (C=O) groups is 1. The van der Waals surface area contributed by atoms with Gasteiger partial charge in [0.05, 0.1) is 5.56 Å². The number of hydrogen-bond donors (Lipinski definition) is 2. The molecule has 0 fully saturated rings. The van der Waals surface area contributed by atoms with Gasteiger partial charge in [-0.1, -0.05) is 11.3 Å². The summed E-state index contributed by atoms with van der Waals surface area (Å²) in [6.45, 7) is 1.82. The molecule has 0 saturated heterocycles. The minimum atomic E-state index is -0.264. The Morgan fingerprint density at radius 2 is 2.24 bits per heavy atom. The summed E-state index contributed by atoms with van der Waals surface area (Å²) in [4.78, 5) is 11.9. The van der Waals surface area contributed by atoms with Crippen LogP contribution in [0.2, 0.25) is 0 Å². The van der Waals surface area contributed by atoms with Crippen LogP contribution in [0.4, 0.5) is 10.8 Å². The number of rotatable bonds is 2. The van der Waals surface area contributed by atoms with E-state index in [-0.39, 0.29) is 5.91 Å². The Labute approximate surface area is 110 Å². The molecule has 1 amide bonds. The lowest BCUT2D eigenvalue weighted by Gasteiger charge is -2.04. The van der Waals surface area contributed by atoms with Gasteiger partial charge in [0.15, 0.2) is 0 Å². The average Bonchev–Trinajstić information content (AvgIpc) is 2.67. The second-order valence-corrected chi connectivity index (χ2v) is 5.36. The first-order chi connectivity index (χ1) is 8.06. The van der Waals surface area contributed by atoms with Gasteiger partial charge in [-0.3, -0.25) is 10.1 Å². The van der Waals surface area contributed by atoms with Crippen molar-refractivity contribution in [3.63, 3.8) is 0 Å². The van der Waals surface area contributed by atoms with Gasteiger partial charge in [-0.25, -0.2) is 0 Å². The molecule has 5 nitrogen and oxygen atoms in total. The van der Waals surface area contributed by atoms with Gasteiger partial charge >= 0.3 is 0 Å². The van der Waals surface area contributed by atoms with Gasteiger partial charge in [-0.05, 0) is 41.1 Å². The second-order valence-electron chi connectivity index (χ2n) is 3.32. The van der Waals surface area contributed by atoms with Crippen LogP contribution in [0, 0.1) is 6.92 Å². The molecule has 2 rings (SSSR count). The number of hydrogen-bond acceptors (Lipinski definition) is 5. The van der Waals surface area contributed by atoms with Crippen LogP contribution < -0.4 is 11.1 Å². The molecule has 0 saturated carbocycles. The highest BCUT2D eigenvalue weighted by atomic mass is 79.9. The van der Waals surface area contributed by atoms with Crippen molar-refractivity contribution >= 4 is 44.0 Å². The van der Waals surface area contributed by atoms with Crippen molar-refractivity contribution in [3.8, 4) is 0 Å². The Morgan fingerprint density at radius 1 is 1.47 bits per heavy atom. The maximum atomic E-state index is 11.9. The van der Waals surface area contributed by atoms with Crippen LogP contribution >= 0.6 is 27.3 Å². The standard InChI is InChI=1S/C10H9BrN4OS/c1-5-14-15-10(17-5)13-9(16)7-4-6(12)2-3-8(7)11/h2-4H,12H2,1H3,(H,13,15,16). The third-order valence-electron chi connectivity index (χ3n) is 1.98. The zero-order valence-corrected chi connectivity index (χ0v) is 11.3. The first-order valence-corrected chi connectivity index (χ1v) is 6.33. The topological polar surface area (TPSA) is 80.9 Å². The molecule has 0 unspecified atom stereocenters. The van der Waals surface area contributed by atoms with E-state index in [0.717, 1.165) is 5.01 Å². The van der Waals surface area contributed by atoms with E-state index in [2.05, 4.69) is 31.4 Å². The van der Waals surface area contributed by atoms with E-state index in [9.17, 15) is 4.79 Å². The molecule has 0 aliphatic heterocycles. The van der Waals surface area contributed by atoms with E-state index in [1.165, 1.54) is 11.3 Å². The van der Waals surface area contributed by atoms with Crippen molar-refractivity contribution in [3.05, 3.63) is 33.2 Å². The molecule has 0 aliphatic rings. The number of aromatic nitrogens is 2. The predicted molar refractivity (Wildman–Crippen MR) is 71.2 cm³/mol. The van der Waals surface area contributed by atoms with Gasteiger partial charge in [0.1, 0.15) is 5.01 Å². The molecule has 0 spiro atoms. The highest BCUT2D eigenvalue weighted by Crippen LogP contribution is 2.21. The molecular formula is C10H9BrN4OS. The van der Waals surface area contributed by atoms with Crippen LogP contribution in [-0.2, 0) is 0 Å². The monoisotopic (exact) mass is 312 g/mol. The van der Waals surface area contributed by atoms with Crippen LogP contribution in [-0.4, -0.2) is 16.1 Å². The Kier molecular flexibility index (Phi) is 3.39. The maximum Gasteiger partial charge on any atom is 0.258 e. The summed E-state index contributed by atoms with van der Waals surface area (Å²) in [7, 11) is 0. The number of amides is 1. The zero-order chi connectivity index (χ0) is 12.4. The molecule has 0 radical (unpaired) electrons. The van der Waals surface area contributed by atoms with Gasteiger partial charge in [0.25, 0.3) is 5.91 Å². The number of halogens is 1. The predicted octanol–water partition coefficient (Wildman–Crippen LogP) is 2.44. The molecule has 3 N–H and O–H groups in total. The summed E-state index contributed by atoms with van der Waals surface area (Å²) in [5, 5.41) is 11.6. The summed E-state index contributed by atoms with van der Waals surface area (Å²) in [6.07, 6.45) is 0. The minimum Gasteiger partial charge on any atom is -0.399 e. The lowest BCUT2D eigenvalue weighted by molar-refractivity contribution is 0.102. The summed E-state index contributed by atoms with van der Waals surface area (Å²) in [5.74, 6) is -0.264. The Balaban J connectivity index is 2.22. The van der Waals surface area contributed by atoms with Crippen molar-refractivity contribution in [2.45, 2.75) is 6.92 Å². The summed E-state index contributed by atoms with van der Waals surface area (Å²) in [6, 6.07) is 5.05. The Morgan fingerprint density at radius 3 is 2.88 bits per heavy atom. The Hall–Kier alpha value is -1.47. The summed E-state index contributed by atoms with van der Waals surface area (Å²) in [5.41, 5.74) is 6.64. The summed E-state index contributed by atoms with van der Waals surface area (Å²) >= 11 is 4.62. The molecule has 7 heteroatoms. The molecular weight excluding hydrogens is 304 g/mol. The SMILES string of the molecule is Cc1nnc(NC(=O)c2cc(N)ccc2Br)s1. The smallest absolute Gasteiger partial charge is 0.258 e. The van der Waals surface area contributed by atoms with Crippen molar-refractivity contribution in [1.29, 1.82) is 0 Å². The molecule has 0 aliphatic carbocycles. The third-order valence-corrected chi connectivity index (χ3v) is 3.43. The van der Waals surface area contributed by atoms with E-state index >= 15 is 0 Å². The largest absolute Gasteiger partial charge is 0.399 e. The zero-order valence-electron chi connectivity index (χ0n) is 8.90. The number of benzene rings is 1. The fourth-order valence-corrected chi connectivity index (χ4v) is 2.24. The van der Waals surface area contributed by atoms with Gasteiger partial charge < -0.3 is 5.73 Å². The lowest BCUT2D eigenvalue weighted by atomic mass is 10.2. The first-order valence-electron chi connectivity index (χ1n) is 4.73. The molecule has 1 heterocycles. The lowest BCUT2D eigenvalue weighted by Crippen LogP contribution is -2.12. The highest BCUT2D eigenvalue weighted by Gasteiger charge is 2.12. The maximum absolute atomic E-state index is 11.9.